The third kappa shape index (κ3) is 2.40. The molecule has 2 aromatic rings. The molecule has 0 aliphatic carbocycles. The van der Waals surface area contributed by atoms with E-state index in [1.165, 1.54) is 10.1 Å². The molecule has 0 aliphatic rings. The second kappa shape index (κ2) is 4.63. The largest absolute Gasteiger partial charge is 0.480 e. The Morgan fingerprint density at radius 1 is 1.50 bits per heavy atom. The highest BCUT2D eigenvalue weighted by atomic mass is 32.1. The van der Waals surface area contributed by atoms with Crippen molar-refractivity contribution >= 4 is 27.4 Å². The average Bonchev–Trinajstić information content (AvgIpc) is 2.68. The second-order valence-electron chi connectivity index (χ2n) is 3.69. The van der Waals surface area contributed by atoms with E-state index in [4.69, 9.17) is 5.11 Å². The molecule has 0 amide bonds. The van der Waals surface area contributed by atoms with Crippen molar-refractivity contribution in [2.45, 2.75) is 19.5 Å². The van der Waals surface area contributed by atoms with Gasteiger partial charge in [-0.05, 0) is 24.4 Å². The van der Waals surface area contributed by atoms with Crippen LogP contribution in [0.4, 0.5) is 0 Å². The minimum Gasteiger partial charge on any atom is -0.480 e. The number of fused-ring (bicyclic) bond motifs is 1. The van der Waals surface area contributed by atoms with Gasteiger partial charge in [-0.25, -0.2) is 0 Å². The summed E-state index contributed by atoms with van der Waals surface area (Å²) in [4.78, 5) is 11.8. The van der Waals surface area contributed by atoms with Crippen LogP contribution < -0.4 is 5.32 Å². The minimum atomic E-state index is -0.818. The van der Waals surface area contributed by atoms with Crippen molar-refractivity contribution in [1.29, 1.82) is 0 Å². The molecule has 0 fully saturated rings. The lowest BCUT2D eigenvalue weighted by atomic mass is 10.2. The van der Waals surface area contributed by atoms with Crippen LogP contribution in [0, 0.1) is 0 Å². The van der Waals surface area contributed by atoms with Crippen LogP contribution >= 0.6 is 11.3 Å². The molecule has 0 aliphatic heterocycles. The van der Waals surface area contributed by atoms with E-state index in [0.29, 0.717) is 6.54 Å². The lowest BCUT2D eigenvalue weighted by molar-refractivity contribution is -0.139. The first-order valence-corrected chi connectivity index (χ1v) is 5.92. The molecule has 1 heterocycles. The van der Waals surface area contributed by atoms with Crippen molar-refractivity contribution in [3.8, 4) is 0 Å². The number of carbonyl (C=O) groups is 1. The van der Waals surface area contributed by atoms with Crippen molar-refractivity contribution in [1.82, 2.24) is 5.32 Å². The standard InChI is InChI=1S/C12H13NO2S/c1-8(12(14)15)13-7-10-6-9-4-2-3-5-11(9)16-10/h2-6,8,13H,7H2,1H3,(H,14,15). The number of aliphatic carboxylic acids is 1. The van der Waals surface area contributed by atoms with Gasteiger partial charge in [-0.1, -0.05) is 18.2 Å². The average molecular weight is 235 g/mol. The number of hydrogen-bond acceptors (Lipinski definition) is 3. The monoisotopic (exact) mass is 235 g/mol. The first-order chi connectivity index (χ1) is 7.66. The Morgan fingerprint density at radius 2 is 2.25 bits per heavy atom. The highest BCUT2D eigenvalue weighted by molar-refractivity contribution is 7.19. The summed E-state index contributed by atoms with van der Waals surface area (Å²) < 4.78 is 1.24. The van der Waals surface area contributed by atoms with Gasteiger partial charge in [0.1, 0.15) is 6.04 Å². The predicted molar refractivity (Wildman–Crippen MR) is 65.8 cm³/mol. The summed E-state index contributed by atoms with van der Waals surface area (Å²) in [6.07, 6.45) is 0. The SMILES string of the molecule is CC(NCc1cc2ccccc2s1)C(=O)O. The lowest BCUT2D eigenvalue weighted by Gasteiger charge is -2.06. The van der Waals surface area contributed by atoms with Crippen LogP contribution in [0.25, 0.3) is 10.1 Å². The topological polar surface area (TPSA) is 49.3 Å². The first-order valence-electron chi connectivity index (χ1n) is 5.10. The quantitative estimate of drug-likeness (QED) is 0.856. The highest BCUT2D eigenvalue weighted by Crippen LogP contribution is 2.24. The fourth-order valence-electron chi connectivity index (χ4n) is 1.46. The van der Waals surface area contributed by atoms with E-state index in [2.05, 4.69) is 23.5 Å². The van der Waals surface area contributed by atoms with Gasteiger partial charge in [0.25, 0.3) is 0 Å². The fraction of sp³-hybridized carbons (Fsp3) is 0.250. The van der Waals surface area contributed by atoms with E-state index < -0.39 is 12.0 Å². The zero-order valence-corrected chi connectivity index (χ0v) is 9.75. The Kier molecular flexibility index (Phi) is 3.22. The van der Waals surface area contributed by atoms with Gasteiger partial charge in [0.2, 0.25) is 0 Å². The van der Waals surface area contributed by atoms with Crippen LogP contribution in [-0.4, -0.2) is 17.1 Å². The summed E-state index contributed by atoms with van der Waals surface area (Å²) in [5, 5.41) is 12.9. The van der Waals surface area contributed by atoms with E-state index in [1.54, 1.807) is 18.3 Å². The molecule has 1 unspecified atom stereocenters. The van der Waals surface area contributed by atoms with Crippen LogP contribution in [0.5, 0.6) is 0 Å². The van der Waals surface area contributed by atoms with Gasteiger partial charge in [-0.3, -0.25) is 10.1 Å². The van der Waals surface area contributed by atoms with Crippen LogP contribution in [0.1, 0.15) is 11.8 Å². The maximum atomic E-state index is 10.6. The number of thiophene rings is 1. The molecule has 0 saturated heterocycles. The van der Waals surface area contributed by atoms with Crippen LogP contribution in [-0.2, 0) is 11.3 Å². The maximum Gasteiger partial charge on any atom is 0.320 e. The molecule has 16 heavy (non-hydrogen) atoms. The summed E-state index contributed by atoms with van der Waals surface area (Å²) in [7, 11) is 0. The van der Waals surface area contributed by atoms with E-state index in [9.17, 15) is 4.79 Å². The molecule has 1 aromatic heterocycles. The molecular formula is C12H13NO2S. The Bertz CT molecular complexity index is 473. The van der Waals surface area contributed by atoms with Crippen LogP contribution in [0.3, 0.4) is 0 Å². The van der Waals surface area contributed by atoms with Gasteiger partial charge in [0.15, 0.2) is 0 Å². The summed E-state index contributed by atoms with van der Waals surface area (Å²) in [6.45, 7) is 2.25. The van der Waals surface area contributed by atoms with Crippen molar-refractivity contribution in [2.24, 2.45) is 0 Å². The number of nitrogens with one attached hydrogen (secondary N) is 1. The fourth-order valence-corrected chi connectivity index (χ4v) is 2.48. The van der Waals surface area contributed by atoms with E-state index in [0.717, 1.165) is 4.88 Å². The summed E-state index contributed by atoms with van der Waals surface area (Å²) >= 11 is 1.70. The van der Waals surface area contributed by atoms with Crippen LogP contribution in [0.2, 0.25) is 0 Å². The van der Waals surface area contributed by atoms with Gasteiger partial charge in [0.05, 0.1) is 0 Å². The molecule has 2 rings (SSSR count). The van der Waals surface area contributed by atoms with E-state index in [-0.39, 0.29) is 0 Å². The predicted octanol–water partition coefficient (Wildman–Crippen LogP) is 2.46. The van der Waals surface area contributed by atoms with Crippen LogP contribution in [0.15, 0.2) is 30.3 Å². The van der Waals surface area contributed by atoms with Crippen molar-refractivity contribution < 1.29 is 9.90 Å². The van der Waals surface area contributed by atoms with Crippen molar-refractivity contribution in [3.63, 3.8) is 0 Å². The summed E-state index contributed by atoms with van der Waals surface area (Å²) in [5.74, 6) is -0.818. The van der Waals surface area contributed by atoms with Crippen molar-refractivity contribution in [3.05, 3.63) is 35.2 Å². The number of rotatable bonds is 4. The number of carboxylic acids is 1. The number of hydrogen-bond donors (Lipinski definition) is 2. The van der Waals surface area contributed by atoms with Crippen molar-refractivity contribution in [2.75, 3.05) is 0 Å². The van der Waals surface area contributed by atoms with Gasteiger partial charge in [-0.2, -0.15) is 0 Å². The molecule has 4 heteroatoms. The third-order valence-corrected chi connectivity index (χ3v) is 3.55. The molecule has 0 radical (unpaired) electrons. The van der Waals surface area contributed by atoms with E-state index in [1.807, 2.05) is 12.1 Å². The molecule has 1 aromatic carbocycles. The molecule has 0 saturated carbocycles. The maximum absolute atomic E-state index is 10.6. The van der Waals surface area contributed by atoms with Gasteiger partial charge in [0, 0.05) is 16.1 Å². The molecule has 2 N–H and O–H groups in total. The van der Waals surface area contributed by atoms with Gasteiger partial charge in [-0.15, -0.1) is 11.3 Å². The Hall–Kier alpha value is -1.39. The van der Waals surface area contributed by atoms with Gasteiger partial charge < -0.3 is 5.11 Å². The highest BCUT2D eigenvalue weighted by Gasteiger charge is 2.10. The molecular weight excluding hydrogens is 222 g/mol. The Balaban J connectivity index is 2.07. The lowest BCUT2D eigenvalue weighted by Crippen LogP contribution is -2.32. The number of carboxylic acid groups (broad SMARTS) is 1. The second-order valence-corrected chi connectivity index (χ2v) is 4.86. The Morgan fingerprint density at radius 3 is 2.94 bits per heavy atom. The minimum absolute atomic E-state index is 0.509. The number of benzene rings is 1. The third-order valence-electron chi connectivity index (χ3n) is 2.43. The molecule has 0 bridgehead atoms. The molecule has 3 nitrogen and oxygen atoms in total. The molecule has 1 atom stereocenters. The summed E-state index contributed by atoms with van der Waals surface area (Å²) in [6, 6.07) is 9.74. The Labute approximate surface area is 97.7 Å². The zero-order valence-electron chi connectivity index (χ0n) is 8.93. The molecule has 84 valence electrons. The zero-order chi connectivity index (χ0) is 11.5. The first kappa shape index (κ1) is 11.1. The van der Waals surface area contributed by atoms with E-state index >= 15 is 0 Å². The summed E-state index contributed by atoms with van der Waals surface area (Å²) in [5.41, 5.74) is 0. The smallest absolute Gasteiger partial charge is 0.320 e. The molecule has 0 spiro atoms. The normalized spacial score (nSPS) is 12.8. The van der Waals surface area contributed by atoms with Gasteiger partial charge >= 0.3 is 5.97 Å².